The summed E-state index contributed by atoms with van der Waals surface area (Å²) in [6, 6.07) is -0.125. The summed E-state index contributed by atoms with van der Waals surface area (Å²) >= 11 is 0. The summed E-state index contributed by atoms with van der Waals surface area (Å²) in [5.74, 6) is 0. The van der Waals surface area contributed by atoms with Crippen LogP contribution in [-0.4, -0.2) is 35.1 Å². The topological polar surface area (TPSA) is 78.5 Å². The molecule has 0 aromatic rings. The Hall–Kier alpha value is -0.160. The van der Waals surface area contributed by atoms with Gasteiger partial charge in [-0.05, 0) is 6.42 Å². The van der Waals surface area contributed by atoms with Crippen LogP contribution in [0.3, 0.4) is 0 Å². The Balaban J connectivity index is 2.30. The number of nitrogens with one attached hydrogen (secondary N) is 1. The van der Waals surface area contributed by atoms with Gasteiger partial charge in [0.25, 0.3) is 0 Å². The summed E-state index contributed by atoms with van der Waals surface area (Å²) in [4.78, 5) is 0. The molecule has 4 nitrogen and oxygen atoms in total. The zero-order valence-corrected chi connectivity index (χ0v) is 5.12. The van der Waals surface area contributed by atoms with Crippen LogP contribution < -0.4 is 11.1 Å². The van der Waals surface area contributed by atoms with E-state index in [1.54, 1.807) is 0 Å². The molecule has 1 saturated heterocycles. The molecule has 5 N–H and O–H groups in total. The highest BCUT2D eigenvalue weighted by molar-refractivity contribution is 4.83. The first-order chi connectivity index (χ1) is 4.20. The van der Waals surface area contributed by atoms with E-state index in [2.05, 4.69) is 5.32 Å². The minimum Gasteiger partial charge on any atom is -0.392 e. The summed E-state index contributed by atoms with van der Waals surface area (Å²) in [6.45, 7) is 0.541. The number of hydrogen-bond donors (Lipinski definition) is 4. The quantitative estimate of drug-likeness (QED) is 0.311. The van der Waals surface area contributed by atoms with Crippen LogP contribution >= 0.6 is 0 Å². The zero-order valence-electron chi connectivity index (χ0n) is 5.12. The molecule has 0 bridgehead atoms. The van der Waals surface area contributed by atoms with Gasteiger partial charge in [-0.1, -0.05) is 0 Å². The van der Waals surface area contributed by atoms with Gasteiger partial charge < -0.3 is 21.3 Å². The SMILES string of the molecule is N[C@@H](O)C1CC(O)CN1. The molecule has 0 radical (unpaired) electrons. The lowest BCUT2D eigenvalue weighted by molar-refractivity contribution is 0.130. The van der Waals surface area contributed by atoms with Crippen molar-refractivity contribution >= 4 is 0 Å². The number of aliphatic hydroxyl groups excluding tert-OH is 2. The predicted molar refractivity (Wildman–Crippen MR) is 32.6 cm³/mol. The molecule has 1 fully saturated rings. The van der Waals surface area contributed by atoms with E-state index in [0.29, 0.717) is 13.0 Å². The Labute approximate surface area is 53.7 Å². The van der Waals surface area contributed by atoms with Crippen LogP contribution in [0.2, 0.25) is 0 Å². The molecule has 0 aliphatic carbocycles. The monoisotopic (exact) mass is 132 g/mol. The molecule has 9 heavy (non-hydrogen) atoms. The molecule has 0 aromatic carbocycles. The highest BCUT2D eigenvalue weighted by Gasteiger charge is 2.25. The minimum absolute atomic E-state index is 0.125. The smallest absolute Gasteiger partial charge is 0.118 e. The van der Waals surface area contributed by atoms with Crippen molar-refractivity contribution in [1.82, 2.24) is 5.32 Å². The van der Waals surface area contributed by atoms with E-state index < -0.39 is 6.23 Å². The van der Waals surface area contributed by atoms with Crippen LogP contribution in [0.4, 0.5) is 0 Å². The average molecular weight is 132 g/mol. The highest BCUT2D eigenvalue weighted by atomic mass is 16.3. The Morgan fingerprint density at radius 3 is 2.56 bits per heavy atom. The molecule has 1 aliphatic rings. The van der Waals surface area contributed by atoms with E-state index in [1.807, 2.05) is 0 Å². The van der Waals surface area contributed by atoms with Crippen molar-refractivity contribution in [1.29, 1.82) is 0 Å². The number of rotatable bonds is 1. The fourth-order valence-corrected chi connectivity index (χ4v) is 1.01. The summed E-state index contributed by atoms with van der Waals surface area (Å²) in [7, 11) is 0. The maximum absolute atomic E-state index is 8.92. The van der Waals surface area contributed by atoms with Crippen molar-refractivity contribution in [3.63, 3.8) is 0 Å². The zero-order chi connectivity index (χ0) is 6.85. The summed E-state index contributed by atoms with van der Waals surface area (Å²) in [5, 5.41) is 20.6. The van der Waals surface area contributed by atoms with E-state index in [-0.39, 0.29) is 12.1 Å². The summed E-state index contributed by atoms with van der Waals surface area (Å²) in [5.41, 5.74) is 5.14. The van der Waals surface area contributed by atoms with Gasteiger partial charge in [0.2, 0.25) is 0 Å². The van der Waals surface area contributed by atoms with Crippen molar-refractivity contribution in [2.24, 2.45) is 5.73 Å². The lowest BCUT2D eigenvalue weighted by Crippen LogP contribution is -2.40. The Kier molecular flexibility index (Phi) is 2.02. The molecule has 1 heterocycles. The van der Waals surface area contributed by atoms with E-state index in [9.17, 15) is 0 Å². The molecule has 0 amide bonds. The van der Waals surface area contributed by atoms with Gasteiger partial charge in [0.1, 0.15) is 6.23 Å². The minimum atomic E-state index is -0.845. The first-order valence-electron chi connectivity index (χ1n) is 3.05. The van der Waals surface area contributed by atoms with E-state index in [4.69, 9.17) is 15.9 Å². The second-order valence-corrected chi connectivity index (χ2v) is 2.39. The fourth-order valence-electron chi connectivity index (χ4n) is 1.01. The van der Waals surface area contributed by atoms with Crippen LogP contribution in [0.1, 0.15) is 6.42 Å². The molecule has 0 aromatic heterocycles. The van der Waals surface area contributed by atoms with Crippen LogP contribution in [-0.2, 0) is 0 Å². The number of β-amino-alcohol motifs (C(OH)–C–C–N with tert-alkyl or cyclic N) is 1. The summed E-state index contributed by atoms with van der Waals surface area (Å²) in [6.07, 6.45) is -0.632. The predicted octanol–water partition coefficient (Wildman–Crippen LogP) is -2.01. The van der Waals surface area contributed by atoms with Gasteiger partial charge >= 0.3 is 0 Å². The van der Waals surface area contributed by atoms with Crippen LogP contribution in [0, 0.1) is 0 Å². The fraction of sp³-hybridized carbons (Fsp3) is 1.00. The van der Waals surface area contributed by atoms with Gasteiger partial charge in [0.05, 0.1) is 6.10 Å². The molecule has 0 saturated carbocycles. The third-order valence-electron chi connectivity index (χ3n) is 1.55. The van der Waals surface area contributed by atoms with Gasteiger partial charge in [-0.15, -0.1) is 0 Å². The van der Waals surface area contributed by atoms with Crippen LogP contribution in [0.5, 0.6) is 0 Å². The van der Waals surface area contributed by atoms with Crippen molar-refractivity contribution in [2.45, 2.75) is 24.8 Å². The highest BCUT2D eigenvalue weighted by Crippen LogP contribution is 2.06. The molecule has 54 valence electrons. The molecule has 1 aliphatic heterocycles. The van der Waals surface area contributed by atoms with Crippen molar-refractivity contribution < 1.29 is 10.2 Å². The van der Waals surface area contributed by atoms with Crippen molar-refractivity contribution in [3.8, 4) is 0 Å². The Morgan fingerprint density at radius 2 is 2.33 bits per heavy atom. The molecular weight excluding hydrogens is 120 g/mol. The van der Waals surface area contributed by atoms with Crippen LogP contribution in [0.25, 0.3) is 0 Å². The van der Waals surface area contributed by atoms with E-state index in [0.717, 1.165) is 0 Å². The number of hydrogen-bond acceptors (Lipinski definition) is 4. The molecular formula is C5H12N2O2. The number of nitrogens with two attached hydrogens (primary N) is 1. The molecule has 1 rings (SSSR count). The Morgan fingerprint density at radius 1 is 1.67 bits per heavy atom. The Bertz CT molecular complexity index is 97.0. The van der Waals surface area contributed by atoms with Gasteiger partial charge in [-0.3, -0.25) is 0 Å². The maximum atomic E-state index is 8.92. The third-order valence-corrected chi connectivity index (χ3v) is 1.55. The third kappa shape index (κ3) is 1.62. The first-order valence-corrected chi connectivity index (χ1v) is 3.05. The van der Waals surface area contributed by atoms with Crippen molar-refractivity contribution in [3.05, 3.63) is 0 Å². The second kappa shape index (κ2) is 2.62. The molecule has 0 spiro atoms. The standard InChI is InChI=1S/C5H12N2O2/c6-5(9)4-1-3(8)2-7-4/h3-5,7-9H,1-2,6H2/t3?,4?,5-/m0/s1. The molecule has 2 unspecified atom stereocenters. The van der Waals surface area contributed by atoms with Crippen molar-refractivity contribution in [2.75, 3.05) is 6.54 Å². The molecule has 4 heteroatoms. The lowest BCUT2D eigenvalue weighted by atomic mass is 10.2. The largest absolute Gasteiger partial charge is 0.392 e. The van der Waals surface area contributed by atoms with E-state index in [1.165, 1.54) is 0 Å². The second-order valence-electron chi connectivity index (χ2n) is 2.39. The molecule has 3 atom stereocenters. The number of aliphatic hydroxyl groups is 2. The van der Waals surface area contributed by atoms with E-state index >= 15 is 0 Å². The summed E-state index contributed by atoms with van der Waals surface area (Å²) < 4.78 is 0. The lowest BCUT2D eigenvalue weighted by Gasteiger charge is -2.11. The van der Waals surface area contributed by atoms with Gasteiger partial charge in [-0.2, -0.15) is 0 Å². The maximum Gasteiger partial charge on any atom is 0.118 e. The van der Waals surface area contributed by atoms with Gasteiger partial charge in [0.15, 0.2) is 0 Å². The van der Waals surface area contributed by atoms with Gasteiger partial charge in [-0.25, -0.2) is 0 Å². The average Bonchev–Trinajstić information content (AvgIpc) is 2.14. The van der Waals surface area contributed by atoms with Crippen LogP contribution in [0.15, 0.2) is 0 Å². The van der Waals surface area contributed by atoms with Gasteiger partial charge in [0, 0.05) is 12.6 Å². The first kappa shape index (κ1) is 6.95. The normalized spacial score (nSPS) is 39.0.